The molecule has 0 N–H and O–H groups in total. The fourth-order valence-corrected chi connectivity index (χ4v) is 3.33. The first kappa shape index (κ1) is 20.9. The molecule has 0 bridgehead atoms. The van der Waals surface area contributed by atoms with Crippen LogP contribution in [-0.2, 0) is 6.42 Å². The molecule has 24 heavy (non-hydrogen) atoms. The second-order valence-corrected chi connectivity index (χ2v) is 7.07. The van der Waals surface area contributed by atoms with Gasteiger partial charge >= 0.3 is 0 Å². The number of unbranched alkanes of at least 4 members (excludes halogenated alkanes) is 13. The van der Waals surface area contributed by atoms with Crippen LogP contribution in [0.25, 0.3) is 0 Å². The van der Waals surface area contributed by atoms with Crippen LogP contribution < -0.4 is 5.53 Å². The minimum absolute atomic E-state index is 0.729. The molecule has 0 saturated carbocycles. The lowest BCUT2D eigenvalue weighted by atomic mass is 10.0. The van der Waals surface area contributed by atoms with Crippen molar-refractivity contribution in [1.29, 1.82) is 0 Å². The van der Waals surface area contributed by atoms with E-state index in [0.717, 1.165) is 12.1 Å². The monoisotopic (exact) mass is 329 g/mol. The molecule has 0 unspecified atom stereocenters. The molecule has 1 rings (SSSR count). The minimum Gasteiger partial charge on any atom is -0.129 e. The van der Waals surface area contributed by atoms with Gasteiger partial charge in [-0.05, 0) is 30.0 Å². The Kier molecular flexibility index (Phi) is 13.3. The molecule has 2 nitrogen and oxygen atoms in total. The van der Waals surface area contributed by atoms with Gasteiger partial charge in [0.05, 0.1) is 5.69 Å². The van der Waals surface area contributed by atoms with E-state index in [1.165, 1.54) is 95.5 Å². The van der Waals surface area contributed by atoms with Crippen molar-refractivity contribution < 1.29 is 0 Å². The van der Waals surface area contributed by atoms with E-state index in [1.807, 2.05) is 18.2 Å². The van der Waals surface area contributed by atoms with Crippen LogP contribution in [0.1, 0.15) is 102 Å². The average Bonchev–Trinajstić information content (AvgIpc) is 2.62. The van der Waals surface area contributed by atoms with E-state index < -0.39 is 0 Å². The lowest BCUT2D eigenvalue weighted by molar-refractivity contribution is 0.535. The summed E-state index contributed by atoms with van der Waals surface area (Å²) in [6, 6.07) is 7.88. The fourth-order valence-electron chi connectivity index (χ4n) is 3.33. The van der Waals surface area contributed by atoms with Crippen LogP contribution in [0, 0.1) is 0 Å². The van der Waals surface area contributed by atoms with Crippen LogP contribution >= 0.6 is 0 Å². The molecular weight excluding hydrogens is 292 g/mol. The molecule has 2 heteroatoms. The van der Waals surface area contributed by atoms with Crippen molar-refractivity contribution >= 4 is 5.69 Å². The van der Waals surface area contributed by atoms with E-state index in [1.54, 1.807) is 0 Å². The molecule has 1 aromatic rings. The van der Waals surface area contributed by atoms with Gasteiger partial charge in [0.1, 0.15) is 0 Å². The van der Waals surface area contributed by atoms with Gasteiger partial charge in [0.25, 0.3) is 0 Å². The zero-order valence-corrected chi connectivity index (χ0v) is 15.8. The maximum atomic E-state index is 8.96. The first-order valence-electron chi connectivity index (χ1n) is 10.3. The number of aryl methyl sites for hydroxylation is 1. The van der Waals surface area contributed by atoms with Gasteiger partial charge in [-0.1, -0.05) is 109 Å². The molecule has 0 aromatic heterocycles. The molecule has 1 radical (unpaired) electrons. The summed E-state index contributed by atoms with van der Waals surface area (Å²) in [5, 5.41) is 3.36. The van der Waals surface area contributed by atoms with Crippen molar-refractivity contribution in [3.63, 3.8) is 0 Å². The SMILES string of the molecule is CCCCCCCCCCCCCCCCc1ccccc1N=[N]. The number of nitrogens with zero attached hydrogens (tertiary/aromatic N) is 2. The molecule has 135 valence electrons. The van der Waals surface area contributed by atoms with Crippen LogP contribution in [0.4, 0.5) is 5.69 Å². The Morgan fingerprint density at radius 1 is 0.667 bits per heavy atom. The first-order chi connectivity index (χ1) is 11.9. The summed E-state index contributed by atoms with van der Waals surface area (Å²) in [5.74, 6) is 0. The Hall–Kier alpha value is -1.18. The van der Waals surface area contributed by atoms with Crippen molar-refractivity contribution in [2.75, 3.05) is 0 Å². The van der Waals surface area contributed by atoms with E-state index in [9.17, 15) is 0 Å². The first-order valence-corrected chi connectivity index (χ1v) is 10.3. The normalized spacial score (nSPS) is 10.9. The summed E-state index contributed by atoms with van der Waals surface area (Å²) >= 11 is 0. The van der Waals surface area contributed by atoms with Crippen LogP contribution in [0.15, 0.2) is 29.4 Å². The third-order valence-electron chi connectivity index (χ3n) is 4.90. The highest BCUT2D eigenvalue weighted by Crippen LogP contribution is 2.20. The number of hydrogen-bond acceptors (Lipinski definition) is 1. The standard InChI is InChI=1S/C22H37N2/c1-2-3-4-5-6-7-8-9-10-11-12-13-14-15-18-21-19-16-17-20-22(21)24-23/h16-17,19-20H,2-15,18H2,1H3. The topological polar surface area (TPSA) is 34.7 Å². The lowest BCUT2D eigenvalue weighted by Crippen LogP contribution is -1.87. The van der Waals surface area contributed by atoms with Gasteiger partial charge in [0.15, 0.2) is 0 Å². The summed E-state index contributed by atoms with van der Waals surface area (Å²) in [6.07, 6.45) is 20.5. The summed E-state index contributed by atoms with van der Waals surface area (Å²) in [7, 11) is 0. The quantitative estimate of drug-likeness (QED) is 0.221. The van der Waals surface area contributed by atoms with Crippen molar-refractivity contribution in [3.05, 3.63) is 29.8 Å². The third kappa shape index (κ3) is 10.6. The van der Waals surface area contributed by atoms with Crippen LogP contribution in [0.5, 0.6) is 0 Å². The van der Waals surface area contributed by atoms with Gasteiger partial charge in [0, 0.05) is 0 Å². The van der Waals surface area contributed by atoms with Crippen molar-refractivity contribution in [2.45, 2.75) is 103 Å². The van der Waals surface area contributed by atoms with Crippen LogP contribution in [-0.4, -0.2) is 0 Å². The Bertz CT molecular complexity index is 414. The van der Waals surface area contributed by atoms with Gasteiger partial charge in [-0.15, -0.1) is 5.11 Å². The molecule has 0 spiro atoms. The summed E-state index contributed by atoms with van der Waals surface area (Å²) in [5.41, 5.74) is 10.9. The number of rotatable bonds is 16. The van der Waals surface area contributed by atoms with E-state index in [-0.39, 0.29) is 0 Å². The second-order valence-electron chi connectivity index (χ2n) is 7.07. The number of benzene rings is 1. The van der Waals surface area contributed by atoms with E-state index >= 15 is 0 Å². The maximum absolute atomic E-state index is 8.96. The van der Waals surface area contributed by atoms with E-state index in [2.05, 4.69) is 18.1 Å². The Morgan fingerprint density at radius 3 is 1.62 bits per heavy atom. The molecular formula is C22H37N2. The molecule has 0 fully saturated rings. The summed E-state index contributed by atoms with van der Waals surface area (Å²) in [4.78, 5) is 0. The van der Waals surface area contributed by atoms with Gasteiger partial charge < -0.3 is 0 Å². The largest absolute Gasteiger partial charge is 0.129 e. The van der Waals surface area contributed by atoms with E-state index in [0.29, 0.717) is 0 Å². The zero-order chi connectivity index (χ0) is 17.3. The lowest BCUT2D eigenvalue weighted by Gasteiger charge is -2.05. The van der Waals surface area contributed by atoms with Gasteiger partial charge in [0.2, 0.25) is 0 Å². The molecule has 0 aliphatic rings. The fraction of sp³-hybridized carbons (Fsp3) is 0.727. The van der Waals surface area contributed by atoms with Crippen molar-refractivity contribution in [2.24, 2.45) is 5.11 Å². The Morgan fingerprint density at radius 2 is 1.12 bits per heavy atom. The predicted molar refractivity (Wildman–Crippen MR) is 105 cm³/mol. The van der Waals surface area contributed by atoms with Gasteiger partial charge in [-0.3, -0.25) is 0 Å². The van der Waals surface area contributed by atoms with Gasteiger partial charge in [-0.25, -0.2) is 0 Å². The van der Waals surface area contributed by atoms with Crippen LogP contribution in [0.3, 0.4) is 0 Å². The molecule has 0 heterocycles. The molecule has 1 aromatic carbocycles. The molecule has 0 saturated heterocycles. The second kappa shape index (κ2) is 15.4. The maximum Gasteiger partial charge on any atom is 0.0907 e. The molecule has 0 amide bonds. The molecule has 0 aliphatic carbocycles. The highest BCUT2D eigenvalue weighted by Gasteiger charge is 2.00. The molecule has 0 aliphatic heterocycles. The Labute approximate surface area is 150 Å². The predicted octanol–water partition coefficient (Wildman–Crippen LogP) is 7.59. The van der Waals surface area contributed by atoms with Crippen LogP contribution in [0.2, 0.25) is 0 Å². The highest BCUT2D eigenvalue weighted by atomic mass is 15.0. The summed E-state index contributed by atoms with van der Waals surface area (Å²) < 4.78 is 0. The molecule has 0 atom stereocenters. The number of hydrogen-bond donors (Lipinski definition) is 0. The zero-order valence-electron chi connectivity index (χ0n) is 15.8. The summed E-state index contributed by atoms with van der Waals surface area (Å²) in [6.45, 7) is 2.28. The van der Waals surface area contributed by atoms with Crippen molar-refractivity contribution in [3.8, 4) is 0 Å². The minimum atomic E-state index is 0.729. The van der Waals surface area contributed by atoms with Crippen molar-refractivity contribution in [1.82, 2.24) is 5.53 Å². The van der Waals surface area contributed by atoms with E-state index in [4.69, 9.17) is 5.53 Å². The average molecular weight is 330 g/mol. The highest BCUT2D eigenvalue weighted by molar-refractivity contribution is 5.44. The Balaban J connectivity index is 1.85. The van der Waals surface area contributed by atoms with Gasteiger partial charge in [-0.2, -0.15) is 0 Å². The smallest absolute Gasteiger partial charge is 0.0907 e. The third-order valence-corrected chi connectivity index (χ3v) is 4.90.